The smallest absolute Gasteiger partial charge is 0.432 e. The highest BCUT2D eigenvalue weighted by molar-refractivity contribution is 9.10. The van der Waals surface area contributed by atoms with Crippen LogP contribution in [0.5, 0.6) is 0 Å². The van der Waals surface area contributed by atoms with Gasteiger partial charge >= 0.3 is 12.1 Å². The molecule has 4 rings (SSSR count). The van der Waals surface area contributed by atoms with Crippen molar-refractivity contribution in [3.63, 3.8) is 0 Å². The monoisotopic (exact) mass is 488 g/mol. The van der Waals surface area contributed by atoms with Crippen molar-refractivity contribution >= 4 is 33.3 Å². The van der Waals surface area contributed by atoms with Gasteiger partial charge in [-0.05, 0) is 42.0 Å². The summed E-state index contributed by atoms with van der Waals surface area (Å²) in [5.41, 5.74) is -0.0617. The van der Waals surface area contributed by atoms with E-state index in [4.69, 9.17) is 4.74 Å². The lowest BCUT2D eigenvalue weighted by Gasteiger charge is -2.28. The van der Waals surface area contributed by atoms with E-state index in [9.17, 15) is 18.0 Å². The molecule has 2 unspecified atom stereocenters. The van der Waals surface area contributed by atoms with Crippen molar-refractivity contribution < 1.29 is 22.7 Å². The van der Waals surface area contributed by atoms with E-state index in [1.54, 1.807) is 84.9 Å². The summed E-state index contributed by atoms with van der Waals surface area (Å²) in [4.78, 5) is 12.8. The minimum absolute atomic E-state index is 0.241. The number of rotatable bonds is 4. The quantitative estimate of drug-likeness (QED) is 0.413. The first-order chi connectivity index (χ1) is 14.8. The van der Waals surface area contributed by atoms with Crippen LogP contribution in [0.1, 0.15) is 21.8 Å². The van der Waals surface area contributed by atoms with Crippen LogP contribution >= 0.6 is 15.9 Å². The third kappa shape index (κ3) is 4.49. The predicted molar refractivity (Wildman–Crippen MR) is 115 cm³/mol. The molecule has 0 aliphatic carbocycles. The molecule has 0 bridgehead atoms. The SMILES string of the molecule is O=C(OC1C(c2ccc(Br)cc2)C(C(F)(F)F)=NN1c1ccccc1)c1ccccc1. The Balaban J connectivity index is 1.80. The number of ether oxygens (including phenoxy) is 1. The van der Waals surface area contributed by atoms with E-state index < -0.39 is 30.0 Å². The molecule has 0 saturated heterocycles. The number of alkyl halides is 3. The number of anilines is 1. The van der Waals surface area contributed by atoms with Crippen LogP contribution in [0, 0.1) is 0 Å². The Bertz CT molecular complexity index is 1090. The van der Waals surface area contributed by atoms with Crippen molar-refractivity contribution in [1.82, 2.24) is 0 Å². The average Bonchev–Trinajstić information content (AvgIpc) is 3.15. The lowest BCUT2D eigenvalue weighted by Crippen LogP contribution is -2.39. The summed E-state index contributed by atoms with van der Waals surface area (Å²) in [5, 5.41) is 5.00. The van der Waals surface area contributed by atoms with Crippen molar-refractivity contribution in [2.75, 3.05) is 5.01 Å². The highest BCUT2D eigenvalue weighted by Gasteiger charge is 2.52. The topological polar surface area (TPSA) is 41.9 Å². The molecule has 0 amide bonds. The van der Waals surface area contributed by atoms with Crippen molar-refractivity contribution in [2.45, 2.75) is 18.3 Å². The maximum Gasteiger partial charge on any atom is 0.432 e. The van der Waals surface area contributed by atoms with E-state index >= 15 is 0 Å². The second-order valence-corrected chi connectivity index (χ2v) is 7.77. The maximum atomic E-state index is 14.0. The Kier molecular flexibility index (Phi) is 5.82. The molecule has 158 valence electrons. The summed E-state index contributed by atoms with van der Waals surface area (Å²) in [7, 11) is 0. The van der Waals surface area contributed by atoms with Gasteiger partial charge in [-0.1, -0.05) is 64.5 Å². The average molecular weight is 489 g/mol. The van der Waals surface area contributed by atoms with E-state index in [-0.39, 0.29) is 5.56 Å². The van der Waals surface area contributed by atoms with E-state index in [0.717, 1.165) is 9.48 Å². The molecule has 1 heterocycles. The number of hydrazone groups is 1. The molecule has 2 atom stereocenters. The van der Waals surface area contributed by atoms with E-state index in [1.165, 1.54) is 0 Å². The fourth-order valence-electron chi connectivity index (χ4n) is 3.39. The number of carbonyl (C=O) groups excluding carboxylic acids is 1. The third-order valence-electron chi connectivity index (χ3n) is 4.81. The molecule has 3 aromatic rings. The number of para-hydroxylation sites is 1. The second kappa shape index (κ2) is 8.55. The van der Waals surface area contributed by atoms with Crippen LogP contribution in [0.25, 0.3) is 0 Å². The van der Waals surface area contributed by atoms with Crippen LogP contribution in [-0.4, -0.2) is 24.1 Å². The molecule has 31 heavy (non-hydrogen) atoms. The highest BCUT2D eigenvalue weighted by atomic mass is 79.9. The molecule has 3 aromatic carbocycles. The Morgan fingerprint density at radius 1 is 0.903 bits per heavy atom. The van der Waals surface area contributed by atoms with Crippen LogP contribution in [0.2, 0.25) is 0 Å². The third-order valence-corrected chi connectivity index (χ3v) is 5.34. The highest BCUT2D eigenvalue weighted by Crippen LogP contribution is 2.41. The summed E-state index contributed by atoms with van der Waals surface area (Å²) < 4.78 is 48.3. The van der Waals surface area contributed by atoms with Gasteiger partial charge in [0.2, 0.25) is 6.23 Å². The summed E-state index contributed by atoms with van der Waals surface area (Å²) in [6, 6.07) is 22.9. The molecular formula is C23H16BrF3N2O2. The van der Waals surface area contributed by atoms with Crippen molar-refractivity contribution in [3.05, 3.63) is 101 Å². The summed E-state index contributed by atoms with van der Waals surface area (Å²) in [5.74, 6) is -2.05. The first-order valence-corrected chi connectivity index (χ1v) is 10.2. The van der Waals surface area contributed by atoms with Gasteiger partial charge in [-0.15, -0.1) is 0 Å². The van der Waals surface area contributed by atoms with E-state index in [1.807, 2.05) is 0 Å². The van der Waals surface area contributed by atoms with Crippen LogP contribution in [0.4, 0.5) is 18.9 Å². The molecule has 0 radical (unpaired) electrons. The first-order valence-electron chi connectivity index (χ1n) is 9.36. The van der Waals surface area contributed by atoms with Gasteiger partial charge in [-0.25, -0.2) is 9.80 Å². The fourth-order valence-corrected chi connectivity index (χ4v) is 3.66. The largest absolute Gasteiger partial charge is 0.435 e. The maximum absolute atomic E-state index is 14.0. The molecule has 0 fully saturated rings. The van der Waals surface area contributed by atoms with Crippen LogP contribution in [-0.2, 0) is 4.74 Å². The van der Waals surface area contributed by atoms with Gasteiger partial charge in [0.25, 0.3) is 0 Å². The molecule has 1 aliphatic rings. The molecule has 0 spiro atoms. The molecule has 0 saturated carbocycles. The Morgan fingerprint density at radius 2 is 1.48 bits per heavy atom. The minimum atomic E-state index is -4.71. The zero-order chi connectivity index (χ0) is 22.0. The van der Waals surface area contributed by atoms with Crippen molar-refractivity contribution in [3.8, 4) is 0 Å². The van der Waals surface area contributed by atoms with Crippen molar-refractivity contribution in [2.24, 2.45) is 5.10 Å². The zero-order valence-corrected chi connectivity index (χ0v) is 17.5. The van der Waals surface area contributed by atoms with Gasteiger partial charge in [0.05, 0.1) is 17.2 Å². The summed E-state index contributed by atoms with van der Waals surface area (Å²) in [6.45, 7) is 0. The van der Waals surface area contributed by atoms with Crippen LogP contribution in [0.3, 0.4) is 0 Å². The van der Waals surface area contributed by atoms with Crippen LogP contribution in [0.15, 0.2) is 94.5 Å². The van der Waals surface area contributed by atoms with Crippen LogP contribution < -0.4 is 5.01 Å². The fraction of sp³-hybridized carbons (Fsp3) is 0.130. The zero-order valence-electron chi connectivity index (χ0n) is 16.0. The van der Waals surface area contributed by atoms with Gasteiger partial charge in [-0.2, -0.15) is 18.3 Å². The number of hydrogen-bond donors (Lipinski definition) is 0. The van der Waals surface area contributed by atoms with E-state index in [2.05, 4.69) is 21.0 Å². The van der Waals surface area contributed by atoms with Gasteiger partial charge in [0.15, 0.2) is 5.71 Å². The number of carbonyl (C=O) groups is 1. The number of hydrogen-bond acceptors (Lipinski definition) is 4. The summed E-state index contributed by atoms with van der Waals surface area (Å²) >= 11 is 3.29. The number of benzene rings is 3. The minimum Gasteiger partial charge on any atom is -0.435 e. The molecule has 4 nitrogen and oxygen atoms in total. The number of esters is 1. The molecule has 0 N–H and O–H groups in total. The second-order valence-electron chi connectivity index (χ2n) is 6.85. The Morgan fingerprint density at radius 3 is 2.06 bits per heavy atom. The molecule has 8 heteroatoms. The normalized spacial score (nSPS) is 18.6. The summed E-state index contributed by atoms with van der Waals surface area (Å²) in [6.07, 6.45) is -6.02. The number of halogens is 4. The van der Waals surface area contributed by atoms with Gasteiger partial charge in [-0.3, -0.25) is 0 Å². The molecular weight excluding hydrogens is 473 g/mol. The van der Waals surface area contributed by atoms with Crippen molar-refractivity contribution in [1.29, 1.82) is 0 Å². The lowest BCUT2D eigenvalue weighted by atomic mass is 9.92. The Labute approximate surface area is 185 Å². The first kappa shape index (κ1) is 21.1. The lowest BCUT2D eigenvalue weighted by molar-refractivity contribution is -0.0622. The van der Waals surface area contributed by atoms with Gasteiger partial charge in [0, 0.05) is 4.47 Å². The van der Waals surface area contributed by atoms with Gasteiger partial charge < -0.3 is 4.74 Å². The molecule has 0 aromatic heterocycles. The standard InChI is InChI=1S/C23H16BrF3N2O2/c24-17-13-11-15(12-14-17)19-20(23(25,26)27)28-29(18-9-5-2-6-10-18)21(19)31-22(30)16-7-3-1-4-8-16/h1-14,19,21H. The predicted octanol–water partition coefficient (Wildman–Crippen LogP) is 6.15. The Hall–Kier alpha value is -3.13. The van der Waals surface area contributed by atoms with E-state index in [0.29, 0.717) is 11.3 Å². The van der Waals surface area contributed by atoms with Gasteiger partial charge in [0.1, 0.15) is 0 Å². The number of nitrogens with zero attached hydrogens (tertiary/aromatic N) is 2. The molecule has 1 aliphatic heterocycles.